The quantitative estimate of drug-likeness (QED) is 0.816. The zero-order valence-electron chi connectivity index (χ0n) is 10.6. The number of benzene rings is 1. The Hall–Kier alpha value is -0.920. The van der Waals surface area contributed by atoms with Gasteiger partial charge in [-0.15, -0.1) is 0 Å². The van der Waals surface area contributed by atoms with Gasteiger partial charge in [-0.3, -0.25) is 0 Å². The van der Waals surface area contributed by atoms with E-state index in [0.717, 1.165) is 0 Å². The molecule has 2 heterocycles. The maximum absolute atomic E-state index is 13.5. The van der Waals surface area contributed by atoms with E-state index in [4.69, 9.17) is 23.8 Å². The average Bonchev–Trinajstić information content (AvgIpc) is 2.77. The van der Waals surface area contributed by atoms with Crippen molar-refractivity contribution in [3.63, 3.8) is 0 Å². The van der Waals surface area contributed by atoms with E-state index in [1.54, 1.807) is 4.57 Å². The number of nitrogens with one attached hydrogen (secondary N) is 1. The third kappa shape index (κ3) is 2.08. The largest absolute Gasteiger partial charge is 0.330 e. The van der Waals surface area contributed by atoms with Crippen LogP contribution in [-0.4, -0.2) is 29.5 Å². The van der Waals surface area contributed by atoms with Crippen molar-refractivity contribution < 1.29 is 12.8 Å². The molecule has 1 atom stereocenters. The summed E-state index contributed by atoms with van der Waals surface area (Å²) in [5, 5.41) is -0.00953. The molecule has 1 N–H and O–H groups in total. The van der Waals surface area contributed by atoms with Crippen molar-refractivity contribution in [2.75, 3.05) is 11.5 Å². The first-order valence-corrected chi connectivity index (χ1v) is 8.63. The van der Waals surface area contributed by atoms with Crippen molar-refractivity contribution in [1.29, 1.82) is 0 Å². The molecule has 1 unspecified atom stereocenters. The van der Waals surface area contributed by atoms with Crippen LogP contribution in [0, 0.1) is 10.6 Å². The van der Waals surface area contributed by atoms with E-state index in [9.17, 15) is 12.8 Å². The van der Waals surface area contributed by atoms with Crippen LogP contribution in [0.15, 0.2) is 12.1 Å². The van der Waals surface area contributed by atoms with Crippen LogP contribution in [0.1, 0.15) is 13.3 Å². The Bertz CT molecular complexity index is 871. The maximum atomic E-state index is 13.5. The summed E-state index contributed by atoms with van der Waals surface area (Å²) in [5.41, 5.74) is 0.512. The predicted molar refractivity (Wildman–Crippen MR) is 79.0 cm³/mol. The third-order valence-corrected chi connectivity index (χ3v) is 6.21. The molecule has 1 aliphatic rings. The number of nitrogens with zero attached hydrogens (tertiary/aromatic N) is 1. The first-order chi connectivity index (χ1) is 9.22. The lowest BCUT2D eigenvalue weighted by Gasteiger charge is -2.25. The number of hydrogen-bond donors (Lipinski definition) is 1. The molecule has 4 nitrogen and oxygen atoms in total. The second kappa shape index (κ2) is 4.29. The Morgan fingerprint density at radius 1 is 1.50 bits per heavy atom. The maximum Gasteiger partial charge on any atom is 0.178 e. The van der Waals surface area contributed by atoms with E-state index in [0.29, 0.717) is 22.2 Å². The molecule has 1 fully saturated rings. The van der Waals surface area contributed by atoms with Gasteiger partial charge in [-0.25, -0.2) is 12.8 Å². The Morgan fingerprint density at radius 2 is 2.20 bits per heavy atom. The van der Waals surface area contributed by atoms with Gasteiger partial charge >= 0.3 is 0 Å². The van der Waals surface area contributed by atoms with Crippen LogP contribution >= 0.6 is 23.8 Å². The van der Waals surface area contributed by atoms with Gasteiger partial charge in [-0.05, 0) is 31.6 Å². The molecule has 20 heavy (non-hydrogen) atoms. The molecule has 3 rings (SSSR count). The lowest BCUT2D eigenvalue weighted by molar-refractivity contribution is 0.372. The molecule has 0 radical (unpaired) electrons. The van der Waals surface area contributed by atoms with E-state index in [-0.39, 0.29) is 16.5 Å². The van der Waals surface area contributed by atoms with Gasteiger partial charge < -0.3 is 9.55 Å². The SMILES string of the molecule is CC1(n2c(=S)[nH]c3cc(F)c(Cl)cc32)CCS(=O)(=O)C1. The summed E-state index contributed by atoms with van der Waals surface area (Å²) in [5.74, 6) is -0.380. The zero-order chi connectivity index (χ0) is 14.7. The van der Waals surface area contributed by atoms with Gasteiger partial charge in [0, 0.05) is 6.07 Å². The minimum absolute atomic E-state index is 0.00953. The summed E-state index contributed by atoms with van der Waals surface area (Å²) in [6.45, 7) is 1.85. The van der Waals surface area contributed by atoms with Crippen LogP contribution < -0.4 is 0 Å². The fourth-order valence-corrected chi connectivity index (χ4v) is 5.51. The van der Waals surface area contributed by atoms with E-state index >= 15 is 0 Å². The summed E-state index contributed by atoms with van der Waals surface area (Å²) in [6.07, 6.45) is 0.478. The summed E-state index contributed by atoms with van der Waals surface area (Å²) >= 11 is 11.1. The van der Waals surface area contributed by atoms with Crippen LogP contribution in [-0.2, 0) is 15.4 Å². The Balaban J connectivity index is 2.30. The van der Waals surface area contributed by atoms with E-state index in [1.165, 1.54) is 12.1 Å². The predicted octanol–water partition coefficient (Wildman–Crippen LogP) is 3.03. The number of imidazole rings is 1. The minimum atomic E-state index is -3.07. The number of H-pyrrole nitrogens is 1. The second-order valence-corrected chi connectivity index (χ2v) is 8.37. The molecule has 0 aliphatic carbocycles. The van der Waals surface area contributed by atoms with Crippen LogP contribution in [0.25, 0.3) is 11.0 Å². The molecule has 1 aliphatic heterocycles. The molecule has 1 aromatic carbocycles. The van der Waals surface area contributed by atoms with Crippen molar-refractivity contribution in [2.45, 2.75) is 18.9 Å². The molecule has 0 amide bonds. The summed E-state index contributed by atoms with van der Waals surface area (Å²) < 4.78 is 39.1. The average molecular weight is 335 g/mol. The van der Waals surface area contributed by atoms with Gasteiger partial charge in [0.15, 0.2) is 14.6 Å². The van der Waals surface area contributed by atoms with Gasteiger partial charge in [0.25, 0.3) is 0 Å². The van der Waals surface area contributed by atoms with Crippen molar-refractivity contribution in [3.8, 4) is 0 Å². The highest BCUT2D eigenvalue weighted by Crippen LogP contribution is 2.35. The number of aromatic nitrogens is 2. The molecule has 8 heteroatoms. The topological polar surface area (TPSA) is 54.9 Å². The number of rotatable bonds is 1. The lowest BCUT2D eigenvalue weighted by Crippen LogP contribution is -2.31. The monoisotopic (exact) mass is 334 g/mol. The first kappa shape index (κ1) is 14.0. The van der Waals surface area contributed by atoms with E-state index in [2.05, 4.69) is 4.98 Å². The molecule has 108 valence electrons. The third-order valence-electron chi connectivity index (χ3n) is 3.75. The van der Waals surface area contributed by atoms with Crippen LogP contribution in [0.2, 0.25) is 5.02 Å². The standard InChI is InChI=1S/C12H12ClFN2O2S2/c1-12(2-3-20(17,18)6-12)16-10-4-7(13)8(14)5-9(10)15-11(16)19/h4-5H,2-3,6H2,1H3,(H,15,19). The van der Waals surface area contributed by atoms with Gasteiger partial charge in [0.05, 0.1) is 33.1 Å². The van der Waals surface area contributed by atoms with Crippen LogP contribution in [0.3, 0.4) is 0 Å². The Morgan fingerprint density at radius 3 is 2.80 bits per heavy atom. The number of halogens is 2. The number of sulfone groups is 1. The highest BCUT2D eigenvalue weighted by atomic mass is 35.5. The van der Waals surface area contributed by atoms with Crippen molar-refractivity contribution in [3.05, 3.63) is 27.7 Å². The van der Waals surface area contributed by atoms with Crippen LogP contribution in [0.4, 0.5) is 4.39 Å². The zero-order valence-corrected chi connectivity index (χ0v) is 13.0. The lowest BCUT2D eigenvalue weighted by atomic mass is 10.0. The number of hydrogen-bond acceptors (Lipinski definition) is 3. The van der Waals surface area contributed by atoms with Gasteiger partial charge in [0.1, 0.15) is 5.82 Å². The Kier molecular flexibility index (Phi) is 3.01. The Labute approximate surface area is 125 Å². The highest BCUT2D eigenvalue weighted by Gasteiger charge is 2.41. The molecule has 0 saturated carbocycles. The van der Waals surface area contributed by atoms with Gasteiger partial charge in [0.2, 0.25) is 0 Å². The smallest absolute Gasteiger partial charge is 0.178 e. The van der Waals surface area contributed by atoms with Crippen molar-refractivity contribution >= 4 is 44.7 Å². The van der Waals surface area contributed by atoms with Gasteiger partial charge in [-0.1, -0.05) is 11.6 Å². The molecular formula is C12H12ClFN2O2S2. The highest BCUT2D eigenvalue weighted by molar-refractivity contribution is 7.91. The van der Waals surface area contributed by atoms with E-state index < -0.39 is 21.2 Å². The van der Waals surface area contributed by atoms with E-state index in [1.807, 2.05) is 6.92 Å². The first-order valence-electron chi connectivity index (χ1n) is 6.03. The molecule has 1 saturated heterocycles. The summed E-state index contributed by atoms with van der Waals surface area (Å²) in [6, 6.07) is 2.76. The van der Waals surface area contributed by atoms with Gasteiger partial charge in [-0.2, -0.15) is 0 Å². The van der Waals surface area contributed by atoms with Crippen molar-refractivity contribution in [2.24, 2.45) is 0 Å². The summed E-state index contributed by atoms with van der Waals surface area (Å²) in [4.78, 5) is 2.91. The minimum Gasteiger partial charge on any atom is -0.330 e. The molecule has 1 aromatic heterocycles. The van der Waals surface area contributed by atoms with Crippen molar-refractivity contribution in [1.82, 2.24) is 9.55 Å². The number of aromatic amines is 1. The fourth-order valence-electron chi connectivity index (χ4n) is 2.81. The molecule has 0 bridgehead atoms. The number of fused-ring (bicyclic) bond motifs is 1. The summed E-state index contributed by atoms with van der Waals surface area (Å²) in [7, 11) is -3.07. The normalized spacial score (nSPS) is 25.4. The molecule has 0 spiro atoms. The fraction of sp³-hybridized carbons (Fsp3) is 0.417. The second-order valence-electron chi connectivity index (χ2n) is 5.39. The molecular weight excluding hydrogens is 323 g/mol. The molecule has 2 aromatic rings. The van der Waals surface area contributed by atoms with Crippen LogP contribution in [0.5, 0.6) is 0 Å².